The summed E-state index contributed by atoms with van der Waals surface area (Å²) in [7, 11) is 0. The average Bonchev–Trinajstić information content (AvgIpc) is 3.32. The zero-order valence-electron chi connectivity index (χ0n) is 14.4. The van der Waals surface area contributed by atoms with Gasteiger partial charge in [0, 0.05) is 23.6 Å². The molecule has 0 bridgehead atoms. The van der Waals surface area contributed by atoms with Crippen molar-refractivity contribution in [2.75, 3.05) is 10.6 Å². The van der Waals surface area contributed by atoms with Crippen LogP contribution in [0.3, 0.4) is 0 Å². The number of thiazole rings is 2. The van der Waals surface area contributed by atoms with E-state index in [1.165, 1.54) is 29.6 Å². The SMILES string of the molecule is CC(=O)Nc1ccc2nc(NC(=O)c3sc(-c4ccsc4)nc3C)sc2c1. The zero-order chi connectivity index (χ0) is 19.0. The van der Waals surface area contributed by atoms with Crippen LogP contribution in [0, 0.1) is 6.92 Å². The summed E-state index contributed by atoms with van der Waals surface area (Å²) in [4.78, 5) is 33.4. The monoisotopic (exact) mass is 414 g/mol. The molecule has 4 aromatic rings. The molecule has 3 heterocycles. The molecule has 0 saturated heterocycles. The Morgan fingerprint density at radius 2 is 1.93 bits per heavy atom. The van der Waals surface area contributed by atoms with Crippen LogP contribution >= 0.6 is 34.0 Å². The second-order valence-electron chi connectivity index (χ2n) is 5.78. The van der Waals surface area contributed by atoms with Crippen molar-refractivity contribution in [3.8, 4) is 10.6 Å². The van der Waals surface area contributed by atoms with Crippen LogP contribution < -0.4 is 10.6 Å². The lowest BCUT2D eigenvalue weighted by molar-refractivity contribution is -0.114. The molecule has 0 aliphatic rings. The summed E-state index contributed by atoms with van der Waals surface area (Å²) < 4.78 is 0.886. The standard InChI is InChI=1S/C18H14N4O2S3/c1-9-15(27-17(19-9)11-5-6-25-8-11)16(24)22-18-21-13-4-3-12(20-10(2)23)7-14(13)26-18/h3-8H,1-2H3,(H,20,23)(H,21,22,24). The quantitative estimate of drug-likeness (QED) is 0.492. The molecule has 2 amide bonds. The molecule has 0 radical (unpaired) electrons. The molecule has 9 heteroatoms. The van der Waals surface area contributed by atoms with Crippen LogP contribution in [-0.2, 0) is 4.79 Å². The molecule has 2 N–H and O–H groups in total. The van der Waals surface area contributed by atoms with E-state index in [0.29, 0.717) is 21.4 Å². The van der Waals surface area contributed by atoms with Gasteiger partial charge in [0.05, 0.1) is 15.9 Å². The van der Waals surface area contributed by atoms with Crippen molar-refractivity contribution in [2.45, 2.75) is 13.8 Å². The molecule has 0 spiro atoms. The number of aromatic nitrogens is 2. The Bertz CT molecular complexity index is 1150. The summed E-state index contributed by atoms with van der Waals surface area (Å²) in [6.07, 6.45) is 0. The maximum atomic E-state index is 12.7. The predicted octanol–water partition coefficient (Wildman–Crippen LogP) is 5.00. The number of aryl methyl sites for hydroxylation is 1. The van der Waals surface area contributed by atoms with E-state index in [1.807, 2.05) is 35.9 Å². The van der Waals surface area contributed by atoms with Crippen LogP contribution in [0.4, 0.5) is 10.8 Å². The number of rotatable bonds is 4. The maximum Gasteiger partial charge on any atom is 0.269 e. The van der Waals surface area contributed by atoms with Crippen LogP contribution in [0.1, 0.15) is 22.3 Å². The van der Waals surface area contributed by atoms with Crippen molar-refractivity contribution in [1.29, 1.82) is 0 Å². The van der Waals surface area contributed by atoms with Crippen LogP contribution in [0.25, 0.3) is 20.8 Å². The Balaban J connectivity index is 1.57. The minimum absolute atomic E-state index is 0.130. The normalized spacial score (nSPS) is 10.9. The van der Waals surface area contributed by atoms with E-state index in [1.54, 1.807) is 17.4 Å². The van der Waals surface area contributed by atoms with Gasteiger partial charge in [-0.25, -0.2) is 9.97 Å². The fourth-order valence-electron chi connectivity index (χ4n) is 2.53. The van der Waals surface area contributed by atoms with Crippen molar-refractivity contribution in [3.05, 3.63) is 45.6 Å². The Morgan fingerprint density at radius 1 is 1.07 bits per heavy atom. The van der Waals surface area contributed by atoms with Crippen molar-refractivity contribution in [2.24, 2.45) is 0 Å². The molecule has 0 aliphatic heterocycles. The molecular formula is C18H14N4O2S3. The van der Waals surface area contributed by atoms with Crippen LogP contribution in [0.2, 0.25) is 0 Å². The molecular weight excluding hydrogens is 400 g/mol. The number of thiophene rings is 1. The number of fused-ring (bicyclic) bond motifs is 1. The molecule has 4 rings (SSSR count). The summed E-state index contributed by atoms with van der Waals surface area (Å²) in [6.45, 7) is 3.30. The first-order valence-corrected chi connectivity index (χ1v) is 10.6. The first-order chi connectivity index (χ1) is 13.0. The number of benzene rings is 1. The average molecular weight is 415 g/mol. The van der Waals surface area contributed by atoms with E-state index in [2.05, 4.69) is 20.6 Å². The topological polar surface area (TPSA) is 84.0 Å². The lowest BCUT2D eigenvalue weighted by atomic mass is 10.3. The maximum absolute atomic E-state index is 12.7. The van der Waals surface area contributed by atoms with Gasteiger partial charge in [-0.2, -0.15) is 11.3 Å². The van der Waals surface area contributed by atoms with E-state index in [9.17, 15) is 9.59 Å². The highest BCUT2D eigenvalue weighted by atomic mass is 32.1. The second-order valence-corrected chi connectivity index (χ2v) is 8.59. The van der Waals surface area contributed by atoms with E-state index >= 15 is 0 Å². The highest BCUT2D eigenvalue weighted by Gasteiger charge is 2.18. The Kier molecular flexibility index (Phi) is 4.73. The van der Waals surface area contributed by atoms with Gasteiger partial charge >= 0.3 is 0 Å². The van der Waals surface area contributed by atoms with Crippen molar-refractivity contribution < 1.29 is 9.59 Å². The molecule has 0 fully saturated rings. The number of anilines is 2. The third-order valence-electron chi connectivity index (χ3n) is 3.70. The summed E-state index contributed by atoms with van der Waals surface area (Å²) >= 11 is 4.34. The summed E-state index contributed by atoms with van der Waals surface area (Å²) in [5.41, 5.74) is 3.20. The molecule has 0 saturated carbocycles. The Labute approximate surface area is 166 Å². The number of amides is 2. The lowest BCUT2D eigenvalue weighted by Gasteiger charge is -1.99. The predicted molar refractivity (Wildman–Crippen MR) is 112 cm³/mol. The number of hydrogen-bond acceptors (Lipinski definition) is 7. The summed E-state index contributed by atoms with van der Waals surface area (Å²) in [6, 6.07) is 7.44. The van der Waals surface area contributed by atoms with Gasteiger partial charge in [0.25, 0.3) is 5.91 Å². The van der Waals surface area contributed by atoms with Gasteiger partial charge < -0.3 is 5.32 Å². The lowest BCUT2D eigenvalue weighted by Crippen LogP contribution is -2.11. The van der Waals surface area contributed by atoms with Gasteiger partial charge in [-0.05, 0) is 36.6 Å². The van der Waals surface area contributed by atoms with E-state index in [-0.39, 0.29) is 11.8 Å². The van der Waals surface area contributed by atoms with Gasteiger partial charge in [-0.3, -0.25) is 14.9 Å². The number of carbonyl (C=O) groups excluding carboxylic acids is 2. The number of carbonyl (C=O) groups is 2. The van der Waals surface area contributed by atoms with Gasteiger partial charge in [0.15, 0.2) is 5.13 Å². The van der Waals surface area contributed by atoms with Gasteiger partial charge in [0.1, 0.15) is 9.88 Å². The zero-order valence-corrected chi connectivity index (χ0v) is 16.8. The number of nitrogens with zero attached hydrogens (tertiary/aromatic N) is 2. The first kappa shape index (κ1) is 17.8. The van der Waals surface area contributed by atoms with E-state index in [4.69, 9.17) is 0 Å². The van der Waals surface area contributed by atoms with Crippen LogP contribution in [0.15, 0.2) is 35.0 Å². The number of hydrogen-bond donors (Lipinski definition) is 2. The van der Waals surface area contributed by atoms with Crippen LogP contribution in [-0.4, -0.2) is 21.8 Å². The van der Waals surface area contributed by atoms with Crippen molar-refractivity contribution in [1.82, 2.24) is 9.97 Å². The van der Waals surface area contributed by atoms with Gasteiger partial charge in [0.2, 0.25) is 5.91 Å². The Hall–Kier alpha value is -2.62. The summed E-state index contributed by atoms with van der Waals surface area (Å²) in [5, 5.41) is 11.0. The minimum atomic E-state index is -0.215. The van der Waals surface area contributed by atoms with Gasteiger partial charge in [-0.15, -0.1) is 11.3 Å². The molecule has 3 aromatic heterocycles. The van der Waals surface area contributed by atoms with E-state index in [0.717, 1.165) is 20.8 Å². The highest BCUT2D eigenvalue weighted by molar-refractivity contribution is 7.22. The summed E-state index contributed by atoms with van der Waals surface area (Å²) in [5.74, 6) is -0.345. The van der Waals surface area contributed by atoms with Crippen LogP contribution in [0.5, 0.6) is 0 Å². The second kappa shape index (κ2) is 7.18. The fraction of sp³-hybridized carbons (Fsp3) is 0.111. The molecule has 0 unspecified atom stereocenters. The van der Waals surface area contributed by atoms with E-state index < -0.39 is 0 Å². The minimum Gasteiger partial charge on any atom is -0.326 e. The highest BCUT2D eigenvalue weighted by Crippen LogP contribution is 2.32. The van der Waals surface area contributed by atoms with Gasteiger partial charge in [-0.1, -0.05) is 11.3 Å². The smallest absolute Gasteiger partial charge is 0.269 e. The number of nitrogens with one attached hydrogen (secondary N) is 2. The third kappa shape index (κ3) is 3.75. The molecule has 27 heavy (non-hydrogen) atoms. The molecule has 1 aromatic carbocycles. The largest absolute Gasteiger partial charge is 0.326 e. The molecule has 0 aliphatic carbocycles. The van der Waals surface area contributed by atoms with Crippen molar-refractivity contribution >= 4 is 66.9 Å². The fourth-order valence-corrected chi connectivity index (χ4v) is 5.10. The molecule has 6 nitrogen and oxygen atoms in total. The molecule has 0 atom stereocenters. The third-order valence-corrected chi connectivity index (χ3v) is 6.52. The molecule has 136 valence electrons. The van der Waals surface area contributed by atoms with Crippen molar-refractivity contribution in [3.63, 3.8) is 0 Å². The first-order valence-electron chi connectivity index (χ1n) is 7.99. The Morgan fingerprint density at radius 3 is 2.67 bits per heavy atom.